The van der Waals surface area contributed by atoms with Gasteiger partial charge in [0.05, 0.1) is 17.4 Å². The zero-order chi connectivity index (χ0) is 23.9. The molecule has 2 aromatic heterocycles. The summed E-state index contributed by atoms with van der Waals surface area (Å²) in [7, 11) is 0. The Morgan fingerprint density at radius 2 is 1.97 bits per heavy atom. The smallest absolute Gasteiger partial charge is 0.254 e. The largest absolute Gasteiger partial charge is 0.356 e. The number of nitrogens with one attached hydrogen (secondary N) is 1. The van der Waals surface area contributed by atoms with Crippen LogP contribution in [0.5, 0.6) is 0 Å². The van der Waals surface area contributed by atoms with E-state index in [4.69, 9.17) is 4.98 Å². The number of fused-ring (bicyclic) bond motifs is 1. The molecule has 1 saturated heterocycles. The van der Waals surface area contributed by atoms with Gasteiger partial charge in [0.25, 0.3) is 5.91 Å². The standard InChI is InChI=1S/C27H33N5O2/c1-18-5-6-21-22(15-19(2)30-24(21)20(18)3)26(34)32-12-7-27(8-13-32)16-23(27)25(33)29-9-4-11-31-14-10-28-17-31/h5-6,10,14-15,17,23H,4,7-9,11-13,16H2,1-3H3,(H,29,33). The number of amides is 2. The molecular formula is C27H33N5O2. The molecule has 178 valence electrons. The first-order chi connectivity index (χ1) is 16.4. The highest BCUT2D eigenvalue weighted by Gasteiger charge is 2.58. The van der Waals surface area contributed by atoms with E-state index in [9.17, 15) is 9.59 Å². The molecule has 1 atom stereocenters. The molecule has 7 nitrogen and oxygen atoms in total. The number of imidazole rings is 1. The average Bonchev–Trinajstić information content (AvgIpc) is 3.27. The van der Waals surface area contributed by atoms with E-state index < -0.39 is 0 Å². The van der Waals surface area contributed by atoms with Gasteiger partial charge in [0.15, 0.2) is 0 Å². The predicted molar refractivity (Wildman–Crippen MR) is 131 cm³/mol. The number of hydrogen-bond acceptors (Lipinski definition) is 4. The van der Waals surface area contributed by atoms with Gasteiger partial charge in [-0.15, -0.1) is 0 Å². The Bertz CT molecular complexity index is 1230. The van der Waals surface area contributed by atoms with Crippen molar-refractivity contribution < 1.29 is 9.59 Å². The van der Waals surface area contributed by atoms with Crippen LogP contribution < -0.4 is 5.32 Å². The highest BCUT2D eigenvalue weighted by molar-refractivity contribution is 6.07. The van der Waals surface area contributed by atoms with E-state index >= 15 is 0 Å². The zero-order valence-electron chi connectivity index (χ0n) is 20.3. The minimum Gasteiger partial charge on any atom is -0.356 e. The Labute approximate surface area is 200 Å². The fourth-order valence-electron chi connectivity index (χ4n) is 5.45. The van der Waals surface area contributed by atoms with Crippen molar-refractivity contribution in [3.63, 3.8) is 0 Å². The molecule has 2 aliphatic rings. The van der Waals surface area contributed by atoms with Gasteiger partial charge < -0.3 is 14.8 Å². The summed E-state index contributed by atoms with van der Waals surface area (Å²) in [4.78, 5) is 36.9. The van der Waals surface area contributed by atoms with E-state index in [1.807, 2.05) is 34.7 Å². The van der Waals surface area contributed by atoms with Gasteiger partial charge in [0, 0.05) is 55.6 Å². The minimum atomic E-state index is 0.0785. The fourth-order valence-corrected chi connectivity index (χ4v) is 5.45. The second-order valence-corrected chi connectivity index (χ2v) is 10.1. The van der Waals surface area contributed by atoms with Crippen molar-refractivity contribution in [2.45, 2.75) is 53.0 Å². The monoisotopic (exact) mass is 459 g/mol. The molecule has 2 fully saturated rings. The van der Waals surface area contributed by atoms with Crippen LogP contribution in [0.25, 0.3) is 10.9 Å². The predicted octanol–water partition coefficient (Wildman–Crippen LogP) is 3.81. The Balaban J connectivity index is 1.18. The molecule has 0 bridgehead atoms. The molecule has 1 unspecified atom stereocenters. The van der Waals surface area contributed by atoms with Crippen LogP contribution >= 0.6 is 0 Å². The summed E-state index contributed by atoms with van der Waals surface area (Å²) in [6.45, 7) is 9.04. The molecule has 1 aromatic carbocycles. The summed E-state index contributed by atoms with van der Waals surface area (Å²) in [6.07, 6.45) is 9.12. The Morgan fingerprint density at radius 1 is 1.18 bits per heavy atom. The average molecular weight is 460 g/mol. The molecule has 3 heterocycles. The van der Waals surface area contributed by atoms with Gasteiger partial charge in [-0.3, -0.25) is 14.6 Å². The molecular weight excluding hydrogens is 426 g/mol. The quantitative estimate of drug-likeness (QED) is 0.569. The van der Waals surface area contributed by atoms with Gasteiger partial charge in [-0.1, -0.05) is 12.1 Å². The molecule has 3 aromatic rings. The number of likely N-dealkylation sites (tertiary alicyclic amines) is 1. The van der Waals surface area contributed by atoms with Crippen LogP contribution in [0.1, 0.15) is 52.9 Å². The molecule has 34 heavy (non-hydrogen) atoms. The van der Waals surface area contributed by atoms with Crippen LogP contribution in [0.3, 0.4) is 0 Å². The molecule has 1 N–H and O–H groups in total. The van der Waals surface area contributed by atoms with Gasteiger partial charge in [-0.2, -0.15) is 0 Å². The van der Waals surface area contributed by atoms with E-state index in [0.29, 0.717) is 19.6 Å². The van der Waals surface area contributed by atoms with Crippen LogP contribution in [-0.4, -0.2) is 50.9 Å². The summed E-state index contributed by atoms with van der Waals surface area (Å²) in [5.41, 5.74) is 4.92. The minimum absolute atomic E-state index is 0.0785. The van der Waals surface area contributed by atoms with E-state index in [0.717, 1.165) is 60.0 Å². The molecule has 5 rings (SSSR count). The van der Waals surface area contributed by atoms with Crippen LogP contribution in [0.4, 0.5) is 0 Å². The number of pyridine rings is 1. The number of carbonyl (C=O) groups excluding carboxylic acids is 2. The molecule has 0 radical (unpaired) electrons. The zero-order valence-corrected chi connectivity index (χ0v) is 20.3. The number of aryl methyl sites for hydroxylation is 4. The summed E-state index contributed by atoms with van der Waals surface area (Å²) in [5.74, 6) is 0.342. The highest BCUT2D eigenvalue weighted by atomic mass is 16.2. The lowest BCUT2D eigenvalue weighted by Crippen LogP contribution is -2.40. The van der Waals surface area contributed by atoms with Gasteiger partial charge in [0.1, 0.15) is 0 Å². The second kappa shape index (κ2) is 8.85. The van der Waals surface area contributed by atoms with Crippen LogP contribution in [0, 0.1) is 32.1 Å². The van der Waals surface area contributed by atoms with Crippen LogP contribution in [0.2, 0.25) is 0 Å². The van der Waals surface area contributed by atoms with E-state index in [1.165, 1.54) is 5.56 Å². The lowest BCUT2D eigenvalue weighted by atomic mass is 9.90. The third-order valence-corrected chi connectivity index (χ3v) is 7.87. The van der Waals surface area contributed by atoms with Crippen molar-refractivity contribution in [3.05, 3.63) is 59.3 Å². The third kappa shape index (κ3) is 4.19. The molecule has 1 aliphatic heterocycles. The molecule has 1 saturated carbocycles. The third-order valence-electron chi connectivity index (χ3n) is 7.87. The van der Waals surface area contributed by atoms with Gasteiger partial charge in [-0.05, 0) is 69.1 Å². The summed E-state index contributed by atoms with van der Waals surface area (Å²) < 4.78 is 2.02. The lowest BCUT2D eigenvalue weighted by molar-refractivity contribution is -0.123. The molecule has 1 aliphatic carbocycles. The number of rotatable bonds is 6. The molecule has 7 heteroatoms. The van der Waals surface area contributed by atoms with Crippen molar-refractivity contribution in [3.8, 4) is 0 Å². The molecule has 1 spiro atoms. The number of nitrogens with zero attached hydrogens (tertiary/aromatic N) is 4. The first kappa shape index (κ1) is 22.6. The lowest BCUT2D eigenvalue weighted by Gasteiger charge is -2.33. The van der Waals surface area contributed by atoms with Crippen molar-refractivity contribution in [1.82, 2.24) is 24.8 Å². The van der Waals surface area contributed by atoms with Crippen LogP contribution in [0.15, 0.2) is 36.9 Å². The van der Waals surface area contributed by atoms with Crippen molar-refractivity contribution in [1.29, 1.82) is 0 Å². The van der Waals surface area contributed by atoms with E-state index in [2.05, 4.69) is 30.2 Å². The van der Waals surface area contributed by atoms with Crippen molar-refractivity contribution >= 4 is 22.7 Å². The van der Waals surface area contributed by atoms with E-state index in [-0.39, 0.29) is 23.1 Å². The normalized spacial score (nSPS) is 18.9. The SMILES string of the molecule is Cc1cc(C(=O)N2CCC3(CC2)CC3C(=O)NCCCn2ccnc2)c2ccc(C)c(C)c2n1. The first-order valence-electron chi connectivity index (χ1n) is 12.3. The second-order valence-electron chi connectivity index (χ2n) is 10.1. The maximum absolute atomic E-state index is 13.5. The summed E-state index contributed by atoms with van der Waals surface area (Å²) in [6, 6.07) is 6.01. The van der Waals surface area contributed by atoms with Crippen molar-refractivity contribution in [2.75, 3.05) is 19.6 Å². The van der Waals surface area contributed by atoms with E-state index in [1.54, 1.807) is 12.5 Å². The Kier molecular flexibility index (Phi) is 5.88. The number of piperidine rings is 1. The first-order valence-corrected chi connectivity index (χ1v) is 12.3. The van der Waals surface area contributed by atoms with Gasteiger partial charge >= 0.3 is 0 Å². The van der Waals surface area contributed by atoms with Crippen LogP contribution in [-0.2, 0) is 11.3 Å². The topological polar surface area (TPSA) is 80.1 Å². The fraction of sp³-hybridized carbons (Fsp3) is 0.481. The number of hydrogen-bond donors (Lipinski definition) is 1. The Hall–Kier alpha value is -3.22. The number of benzene rings is 1. The maximum Gasteiger partial charge on any atom is 0.254 e. The molecule has 2 amide bonds. The van der Waals surface area contributed by atoms with Gasteiger partial charge in [0.2, 0.25) is 5.91 Å². The summed E-state index contributed by atoms with van der Waals surface area (Å²) in [5, 5.41) is 4.04. The number of aromatic nitrogens is 3. The number of carbonyl (C=O) groups is 2. The summed E-state index contributed by atoms with van der Waals surface area (Å²) >= 11 is 0. The maximum atomic E-state index is 13.5. The highest BCUT2D eigenvalue weighted by Crippen LogP contribution is 2.59. The van der Waals surface area contributed by atoms with Gasteiger partial charge in [-0.25, -0.2) is 4.98 Å². The Morgan fingerprint density at radius 3 is 2.71 bits per heavy atom. The van der Waals surface area contributed by atoms with Crippen molar-refractivity contribution in [2.24, 2.45) is 11.3 Å².